The second kappa shape index (κ2) is 4.01. The van der Waals surface area contributed by atoms with Crippen LogP contribution in [0, 0.1) is 13.8 Å². The molecule has 0 radical (unpaired) electrons. The fourth-order valence-electron chi connectivity index (χ4n) is 1.86. The largest absolute Gasteiger partial charge is 0.508 e. The van der Waals surface area contributed by atoms with E-state index in [1.54, 1.807) is 6.92 Å². The number of phenols is 3. The van der Waals surface area contributed by atoms with E-state index in [-0.39, 0.29) is 17.2 Å². The Labute approximate surface area is 99.6 Å². The summed E-state index contributed by atoms with van der Waals surface area (Å²) in [4.78, 5) is 0. The molecule has 0 amide bonds. The summed E-state index contributed by atoms with van der Waals surface area (Å²) in [5.74, 6) is 0.218. The Morgan fingerprint density at radius 2 is 1.47 bits per heavy atom. The maximum absolute atomic E-state index is 10.1. The fraction of sp³-hybridized carbons (Fsp3) is 0.143. The molecule has 0 fully saturated rings. The normalized spacial score (nSPS) is 10.5. The highest BCUT2D eigenvalue weighted by Crippen LogP contribution is 2.40. The van der Waals surface area contributed by atoms with Crippen molar-refractivity contribution in [3.63, 3.8) is 0 Å². The SMILES string of the molecule is Cc1ccc(C)c(-c2cc(O)ccc2O)c1O. The van der Waals surface area contributed by atoms with Crippen molar-refractivity contribution in [1.29, 1.82) is 0 Å². The highest BCUT2D eigenvalue weighted by molar-refractivity contribution is 5.80. The Bertz CT molecular complexity index is 574. The van der Waals surface area contributed by atoms with Gasteiger partial charge in [0.2, 0.25) is 0 Å². The molecule has 0 saturated heterocycles. The van der Waals surface area contributed by atoms with Gasteiger partial charge in [-0.15, -0.1) is 0 Å². The molecule has 3 N–H and O–H groups in total. The van der Waals surface area contributed by atoms with E-state index < -0.39 is 0 Å². The zero-order valence-corrected chi connectivity index (χ0v) is 9.73. The molecule has 0 aliphatic heterocycles. The average molecular weight is 230 g/mol. The van der Waals surface area contributed by atoms with Crippen molar-refractivity contribution >= 4 is 0 Å². The van der Waals surface area contributed by atoms with Crippen LogP contribution < -0.4 is 0 Å². The summed E-state index contributed by atoms with van der Waals surface area (Å²) in [5.41, 5.74) is 2.56. The Balaban J connectivity index is 2.76. The summed E-state index contributed by atoms with van der Waals surface area (Å²) >= 11 is 0. The average Bonchev–Trinajstić information content (AvgIpc) is 2.29. The molecule has 88 valence electrons. The van der Waals surface area contributed by atoms with E-state index in [0.717, 1.165) is 11.1 Å². The standard InChI is InChI=1S/C14H14O3/c1-8-3-4-9(2)14(17)13(8)11-7-10(15)5-6-12(11)16/h3-7,15-17H,1-2H3. The van der Waals surface area contributed by atoms with Crippen LogP contribution in [0.5, 0.6) is 17.2 Å². The summed E-state index contributed by atoms with van der Waals surface area (Å²) in [6.45, 7) is 3.64. The Morgan fingerprint density at radius 3 is 2.18 bits per heavy atom. The van der Waals surface area contributed by atoms with E-state index in [1.165, 1.54) is 18.2 Å². The van der Waals surface area contributed by atoms with Gasteiger partial charge >= 0.3 is 0 Å². The van der Waals surface area contributed by atoms with Gasteiger partial charge in [0, 0.05) is 11.1 Å². The van der Waals surface area contributed by atoms with Gasteiger partial charge in [0.25, 0.3) is 0 Å². The van der Waals surface area contributed by atoms with Crippen LogP contribution in [0.25, 0.3) is 11.1 Å². The Kier molecular flexibility index (Phi) is 2.68. The summed E-state index contributed by atoms with van der Waals surface area (Å²) in [6, 6.07) is 7.94. The molecular formula is C14H14O3. The third-order valence-corrected chi connectivity index (χ3v) is 2.84. The third-order valence-electron chi connectivity index (χ3n) is 2.84. The van der Waals surface area contributed by atoms with Crippen molar-refractivity contribution in [2.75, 3.05) is 0 Å². The van der Waals surface area contributed by atoms with Crippen LogP contribution in [0.3, 0.4) is 0 Å². The van der Waals surface area contributed by atoms with E-state index in [0.29, 0.717) is 11.1 Å². The molecule has 0 aliphatic rings. The molecule has 17 heavy (non-hydrogen) atoms. The van der Waals surface area contributed by atoms with Crippen LogP contribution in [0.2, 0.25) is 0 Å². The molecular weight excluding hydrogens is 216 g/mol. The first-order valence-electron chi connectivity index (χ1n) is 5.32. The summed E-state index contributed by atoms with van der Waals surface area (Å²) < 4.78 is 0. The van der Waals surface area contributed by atoms with Crippen LogP contribution in [-0.4, -0.2) is 15.3 Å². The predicted octanol–water partition coefficient (Wildman–Crippen LogP) is 3.09. The topological polar surface area (TPSA) is 60.7 Å². The summed E-state index contributed by atoms with van der Waals surface area (Å²) in [5, 5.41) is 29.3. The van der Waals surface area contributed by atoms with E-state index in [2.05, 4.69) is 0 Å². The molecule has 3 nitrogen and oxygen atoms in total. The number of rotatable bonds is 1. The number of aryl methyl sites for hydroxylation is 2. The second-order valence-corrected chi connectivity index (χ2v) is 4.12. The van der Waals surface area contributed by atoms with E-state index in [9.17, 15) is 15.3 Å². The molecule has 0 aliphatic carbocycles. The Hall–Kier alpha value is -2.16. The summed E-state index contributed by atoms with van der Waals surface area (Å²) in [6.07, 6.45) is 0. The van der Waals surface area contributed by atoms with Crippen molar-refractivity contribution in [2.45, 2.75) is 13.8 Å². The Morgan fingerprint density at radius 1 is 0.824 bits per heavy atom. The van der Waals surface area contributed by atoms with Crippen LogP contribution in [0.1, 0.15) is 11.1 Å². The molecule has 0 heterocycles. The van der Waals surface area contributed by atoms with Gasteiger partial charge in [-0.05, 0) is 43.2 Å². The van der Waals surface area contributed by atoms with Crippen molar-refractivity contribution in [2.24, 2.45) is 0 Å². The molecule has 0 saturated carbocycles. The third kappa shape index (κ3) is 1.91. The van der Waals surface area contributed by atoms with Crippen LogP contribution in [-0.2, 0) is 0 Å². The number of phenolic OH excluding ortho intramolecular Hbond substituents is 3. The molecule has 2 aromatic carbocycles. The number of aromatic hydroxyl groups is 3. The smallest absolute Gasteiger partial charge is 0.126 e. The van der Waals surface area contributed by atoms with Gasteiger partial charge in [-0.1, -0.05) is 12.1 Å². The molecule has 0 aromatic heterocycles. The monoisotopic (exact) mass is 230 g/mol. The minimum absolute atomic E-state index is 0.0341. The zero-order valence-electron chi connectivity index (χ0n) is 9.73. The maximum Gasteiger partial charge on any atom is 0.126 e. The van der Waals surface area contributed by atoms with Crippen molar-refractivity contribution < 1.29 is 15.3 Å². The van der Waals surface area contributed by atoms with Gasteiger partial charge < -0.3 is 15.3 Å². The van der Waals surface area contributed by atoms with Crippen molar-refractivity contribution in [3.05, 3.63) is 41.5 Å². The van der Waals surface area contributed by atoms with Crippen LogP contribution in [0.15, 0.2) is 30.3 Å². The van der Waals surface area contributed by atoms with Crippen LogP contribution >= 0.6 is 0 Å². The number of hydrogen-bond donors (Lipinski definition) is 3. The highest BCUT2D eigenvalue weighted by atomic mass is 16.3. The summed E-state index contributed by atoms with van der Waals surface area (Å²) in [7, 11) is 0. The quantitative estimate of drug-likeness (QED) is 0.660. The van der Waals surface area contributed by atoms with E-state index in [1.807, 2.05) is 19.1 Å². The fourth-order valence-corrected chi connectivity index (χ4v) is 1.86. The lowest BCUT2D eigenvalue weighted by atomic mass is 9.96. The first-order chi connectivity index (χ1) is 8.00. The van der Waals surface area contributed by atoms with Gasteiger partial charge in [-0.25, -0.2) is 0 Å². The molecule has 2 aromatic rings. The van der Waals surface area contributed by atoms with E-state index >= 15 is 0 Å². The van der Waals surface area contributed by atoms with E-state index in [4.69, 9.17) is 0 Å². The van der Waals surface area contributed by atoms with Crippen molar-refractivity contribution in [3.8, 4) is 28.4 Å². The first-order valence-corrected chi connectivity index (χ1v) is 5.32. The lowest BCUT2D eigenvalue weighted by Crippen LogP contribution is -1.88. The molecule has 0 spiro atoms. The number of benzene rings is 2. The lowest BCUT2D eigenvalue weighted by molar-refractivity contribution is 0.458. The molecule has 0 atom stereocenters. The van der Waals surface area contributed by atoms with Gasteiger partial charge in [0.1, 0.15) is 17.2 Å². The first kappa shape index (κ1) is 11.3. The van der Waals surface area contributed by atoms with Crippen molar-refractivity contribution in [1.82, 2.24) is 0 Å². The number of hydrogen-bond acceptors (Lipinski definition) is 3. The lowest BCUT2D eigenvalue weighted by Gasteiger charge is -2.12. The van der Waals surface area contributed by atoms with Crippen LogP contribution in [0.4, 0.5) is 0 Å². The van der Waals surface area contributed by atoms with Gasteiger partial charge in [-0.2, -0.15) is 0 Å². The highest BCUT2D eigenvalue weighted by Gasteiger charge is 2.14. The molecule has 0 bridgehead atoms. The zero-order chi connectivity index (χ0) is 12.6. The minimum atomic E-state index is 0.0341. The molecule has 2 rings (SSSR count). The maximum atomic E-state index is 10.1. The van der Waals surface area contributed by atoms with Gasteiger partial charge in [-0.3, -0.25) is 0 Å². The molecule has 0 unspecified atom stereocenters. The minimum Gasteiger partial charge on any atom is -0.508 e. The van der Waals surface area contributed by atoms with Gasteiger partial charge in [0.05, 0.1) is 0 Å². The predicted molar refractivity (Wildman–Crippen MR) is 66.3 cm³/mol. The second-order valence-electron chi connectivity index (χ2n) is 4.12. The molecule has 3 heteroatoms. The van der Waals surface area contributed by atoms with Gasteiger partial charge in [0.15, 0.2) is 0 Å².